The third-order valence-corrected chi connectivity index (χ3v) is 4.69. The zero-order valence-corrected chi connectivity index (χ0v) is 16.0. The van der Waals surface area contributed by atoms with Crippen LogP contribution in [-0.4, -0.2) is 5.11 Å². The summed E-state index contributed by atoms with van der Waals surface area (Å²) in [5, 5.41) is 19.5. The molecule has 0 bridgehead atoms. The third-order valence-electron chi connectivity index (χ3n) is 4.38. The summed E-state index contributed by atoms with van der Waals surface area (Å²) in [5.41, 5.74) is 2.60. The van der Waals surface area contributed by atoms with Crippen LogP contribution in [0.2, 0.25) is 5.02 Å². The summed E-state index contributed by atoms with van der Waals surface area (Å²) in [7, 11) is 0. The fourth-order valence-corrected chi connectivity index (χ4v) is 3.09. The van der Waals surface area contributed by atoms with E-state index in [2.05, 4.69) is 6.07 Å². The average molecular weight is 406 g/mol. The van der Waals surface area contributed by atoms with Crippen LogP contribution in [-0.2, 0) is 13.0 Å². The van der Waals surface area contributed by atoms with Gasteiger partial charge in [-0.15, -0.1) is 0 Å². The molecule has 0 radical (unpaired) electrons. The van der Waals surface area contributed by atoms with Crippen LogP contribution in [0.15, 0.2) is 71.1 Å². The fourth-order valence-electron chi connectivity index (χ4n) is 2.92. The molecular formula is C23H16ClNO4. The molecule has 0 unspecified atom stereocenters. The molecule has 0 spiro atoms. The van der Waals surface area contributed by atoms with Gasteiger partial charge in [0.15, 0.2) is 0 Å². The monoisotopic (exact) mass is 405 g/mol. The molecule has 6 heteroatoms. The van der Waals surface area contributed by atoms with Gasteiger partial charge in [-0.2, -0.15) is 5.26 Å². The smallest absolute Gasteiger partial charge is 0.291 e. The lowest BCUT2D eigenvalue weighted by Crippen LogP contribution is -1.99. The summed E-state index contributed by atoms with van der Waals surface area (Å²) in [4.78, 5) is 0. The minimum atomic E-state index is -0.0123. The van der Waals surface area contributed by atoms with Gasteiger partial charge in [0.05, 0.1) is 17.5 Å². The number of phenols is 1. The Morgan fingerprint density at radius 2 is 1.76 bits per heavy atom. The van der Waals surface area contributed by atoms with E-state index in [0.29, 0.717) is 36.1 Å². The molecule has 4 rings (SSSR count). The van der Waals surface area contributed by atoms with E-state index < -0.39 is 0 Å². The van der Waals surface area contributed by atoms with Crippen molar-refractivity contribution in [3.63, 3.8) is 0 Å². The lowest BCUT2D eigenvalue weighted by molar-refractivity contribution is 0.305. The van der Waals surface area contributed by atoms with Crippen LogP contribution < -0.4 is 9.47 Å². The molecule has 1 heterocycles. The van der Waals surface area contributed by atoms with E-state index in [1.54, 1.807) is 12.1 Å². The first-order valence-electron chi connectivity index (χ1n) is 8.89. The fraction of sp³-hybridized carbons (Fsp3) is 0.0870. The zero-order valence-electron chi connectivity index (χ0n) is 15.3. The molecule has 0 aliphatic rings. The number of nitriles is 1. The highest BCUT2D eigenvalue weighted by Gasteiger charge is 2.09. The summed E-state index contributed by atoms with van der Waals surface area (Å²) in [6.07, 6.45) is 0.349. The van der Waals surface area contributed by atoms with Crippen molar-refractivity contribution in [1.29, 1.82) is 5.26 Å². The summed E-state index contributed by atoms with van der Waals surface area (Å²) in [5.74, 6) is 1.43. The molecule has 29 heavy (non-hydrogen) atoms. The minimum Gasteiger partial charge on any atom is -0.506 e. The van der Waals surface area contributed by atoms with E-state index in [-0.39, 0.29) is 10.8 Å². The lowest BCUT2D eigenvalue weighted by Gasteiger charge is -2.09. The Morgan fingerprint density at radius 1 is 0.966 bits per heavy atom. The van der Waals surface area contributed by atoms with E-state index in [9.17, 15) is 5.11 Å². The molecular weight excluding hydrogens is 390 g/mol. The van der Waals surface area contributed by atoms with Crippen LogP contribution in [0.25, 0.3) is 11.0 Å². The lowest BCUT2D eigenvalue weighted by atomic mass is 10.1. The Hall–Kier alpha value is -3.62. The van der Waals surface area contributed by atoms with Crippen LogP contribution in [0.3, 0.4) is 0 Å². The molecule has 0 aliphatic carbocycles. The maximum Gasteiger partial charge on any atom is 0.291 e. The molecule has 4 aromatic rings. The molecule has 0 fully saturated rings. The van der Waals surface area contributed by atoms with Crippen molar-refractivity contribution in [2.45, 2.75) is 13.0 Å². The number of ether oxygens (including phenoxy) is 2. The Balaban J connectivity index is 1.50. The van der Waals surface area contributed by atoms with E-state index >= 15 is 0 Å². The highest BCUT2D eigenvalue weighted by atomic mass is 35.5. The summed E-state index contributed by atoms with van der Waals surface area (Å²) in [6, 6.07) is 21.7. The Morgan fingerprint density at radius 3 is 2.55 bits per heavy atom. The van der Waals surface area contributed by atoms with Crippen molar-refractivity contribution in [3.8, 4) is 29.3 Å². The van der Waals surface area contributed by atoms with Crippen molar-refractivity contribution >= 4 is 22.6 Å². The van der Waals surface area contributed by atoms with Crippen molar-refractivity contribution < 1.29 is 19.0 Å². The van der Waals surface area contributed by atoms with Gasteiger partial charge in [0.25, 0.3) is 5.95 Å². The van der Waals surface area contributed by atoms with E-state index in [4.69, 9.17) is 30.8 Å². The SMILES string of the molecule is N#CCc1ccccc1COc1ccc2oc(Oc3ccc(O)c(Cl)c3)cc2c1. The molecule has 1 N–H and O–H groups in total. The van der Waals surface area contributed by atoms with E-state index in [1.807, 2.05) is 42.5 Å². The van der Waals surface area contributed by atoms with Crippen molar-refractivity contribution in [3.05, 3.63) is 82.9 Å². The number of benzene rings is 3. The molecule has 0 aliphatic heterocycles. The number of phenolic OH excluding ortho intramolecular Hbond substituents is 1. The molecule has 0 saturated carbocycles. The van der Waals surface area contributed by atoms with Gasteiger partial charge >= 0.3 is 0 Å². The van der Waals surface area contributed by atoms with Gasteiger partial charge in [-0.3, -0.25) is 0 Å². The highest BCUT2D eigenvalue weighted by molar-refractivity contribution is 6.32. The van der Waals surface area contributed by atoms with Gasteiger partial charge in [0, 0.05) is 17.5 Å². The molecule has 0 atom stereocenters. The normalized spacial score (nSPS) is 10.6. The Kier molecular flexibility index (Phi) is 5.28. The van der Waals surface area contributed by atoms with Crippen LogP contribution in [0.5, 0.6) is 23.2 Å². The molecule has 1 aromatic heterocycles. The van der Waals surface area contributed by atoms with Gasteiger partial charge in [-0.05, 0) is 41.5 Å². The molecule has 144 valence electrons. The second-order valence-corrected chi connectivity index (χ2v) is 6.78. The molecule has 0 amide bonds. The minimum absolute atomic E-state index is 0.0123. The first-order chi connectivity index (χ1) is 14.1. The van der Waals surface area contributed by atoms with Gasteiger partial charge in [0.1, 0.15) is 29.4 Å². The first kappa shape index (κ1) is 18.7. The highest BCUT2D eigenvalue weighted by Crippen LogP contribution is 2.34. The first-order valence-corrected chi connectivity index (χ1v) is 9.26. The molecule has 0 saturated heterocycles. The molecule has 5 nitrogen and oxygen atoms in total. The van der Waals surface area contributed by atoms with Gasteiger partial charge in [-0.1, -0.05) is 35.9 Å². The number of nitrogens with zero attached hydrogens (tertiary/aromatic N) is 1. The quantitative estimate of drug-likeness (QED) is 0.411. The van der Waals surface area contributed by atoms with Crippen molar-refractivity contribution in [1.82, 2.24) is 0 Å². The number of hydrogen-bond donors (Lipinski definition) is 1. The van der Waals surface area contributed by atoms with Crippen molar-refractivity contribution in [2.24, 2.45) is 0 Å². The zero-order chi connectivity index (χ0) is 20.2. The van der Waals surface area contributed by atoms with Crippen LogP contribution in [0.1, 0.15) is 11.1 Å². The standard InChI is InChI=1S/C23H16ClNO4/c24-20-13-19(5-7-21(20)26)28-23-12-17-11-18(6-8-22(17)29-23)27-14-16-4-2-1-3-15(16)9-10-25/h1-8,11-13,26H,9,14H2. The number of hydrogen-bond acceptors (Lipinski definition) is 5. The van der Waals surface area contributed by atoms with Crippen molar-refractivity contribution in [2.75, 3.05) is 0 Å². The number of fused-ring (bicyclic) bond motifs is 1. The number of rotatable bonds is 6. The van der Waals surface area contributed by atoms with Crippen LogP contribution >= 0.6 is 11.6 Å². The predicted octanol–water partition coefficient (Wildman–Crippen LogP) is 6.23. The maximum atomic E-state index is 9.49. The predicted molar refractivity (Wildman–Crippen MR) is 109 cm³/mol. The number of aromatic hydroxyl groups is 1. The number of furan rings is 1. The Bertz CT molecular complexity index is 1210. The van der Waals surface area contributed by atoms with Crippen LogP contribution in [0, 0.1) is 11.3 Å². The average Bonchev–Trinajstić information content (AvgIpc) is 3.12. The largest absolute Gasteiger partial charge is 0.506 e. The summed E-state index contributed by atoms with van der Waals surface area (Å²) >= 11 is 5.90. The van der Waals surface area contributed by atoms with Gasteiger partial charge < -0.3 is 19.0 Å². The maximum absolute atomic E-state index is 9.49. The number of halogens is 1. The van der Waals surface area contributed by atoms with Crippen LogP contribution in [0.4, 0.5) is 0 Å². The van der Waals surface area contributed by atoms with E-state index in [1.165, 1.54) is 12.1 Å². The van der Waals surface area contributed by atoms with E-state index in [0.717, 1.165) is 16.5 Å². The van der Waals surface area contributed by atoms with Gasteiger partial charge in [0.2, 0.25) is 0 Å². The third kappa shape index (κ3) is 4.29. The summed E-state index contributed by atoms with van der Waals surface area (Å²) in [6.45, 7) is 0.372. The molecule has 3 aromatic carbocycles. The second kappa shape index (κ2) is 8.17. The topological polar surface area (TPSA) is 75.6 Å². The second-order valence-electron chi connectivity index (χ2n) is 6.37. The Labute approximate surface area is 172 Å². The summed E-state index contributed by atoms with van der Waals surface area (Å²) < 4.78 is 17.3. The van der Waals surface area contributed by atoms with Gasteiger partial charge in [-0.25, -0.2) is 0 Å².